The lowest BCUT2D eigenvalue weighted by Gasteiger charge is -2.33. The van der Waals surface area contributed by atoms with Crippen molar-refractivity contribution in [1.82, 2.24) is 10.2 Å². The highest BCUT2D eigenvalue weighted by Crippen LogP contribution is 2.27. The Bertz CT molecular complexity index is 1400. The first-order valence-corrected chi connectivity index (χ1v) is 15.2. The van der Waals surface area contributed by atoms with Crippen LogP contribution in [0.25, 0.3) is 0 Å². The van der Waals surface area contributed by atoms with Crippen LogP contribution < -0.4 is 14.4 Å². The van der Waals surface area contributed by atoms with E-state index in [4.69, 9.17) is 4.74 Å². The van der Waals surface area contributed by atoms with Crippen LogP contribution >= 0.6 is 0 Å². The molecule has 0 saturated heterocycles. The van der Waals surface area contributed by atoms with Gasteiger partial charge in [0.2, 0.25) is 11.8 Å². The van der Waals surface area contributed by atoms with Gasteiger partial charge in [-0.05, 0) is 89.9 Å². The highest BCUT2D eigenvalue weighted by atomic mass is 32.2. The van der Waals surface area contributed by atoms with Crippen molar-refractivity contribution >= 4 is 27.5 Å². The fourth-order valence-electron chi connectivity index (χ4n) is 4.29. The number of anilines is 1. The van der Waals surface area contributed by atoms with Gasteiger partial charge in [-0.3, -0.25) is 13.9 Å². The molecular formula is C32H41N3O5S. The summed E-state index contributed by atoms with van der Waals surface area (Å²) in [4.78, 5) is 28.7. The molecule has 1 N–H and O–H groups in total. The average molecular weight is 580 g/mol. The Morgan fingerprint density at radius 3 is 2.10 bits per heavy atom. The number of benzene rings is 3. The van der Waals surface area contributed by atoms with Gasteiger partial charge in [0.05, 0.1) is 17.2 Å². The molecule has 0 fully saturated rings. The van der Waals surface area contributed by atoms with Gasteiger partial charge in [0.15, 0.2) is 0 Å². The predicted octanol–water partition coefficient (Wildman–Crippen LogP) is 4.96. The van der Waals surface area contributed by atoms with Crippen molar-refractivity contribution in [2.24, 2.45) is 0 Å². The topological polar surface area (TPSA) is 96.0 Å². The van der Waals surface area contributed by atoms with Crippen LogP contribution in [0.1, 0.15) is 45.7 Å². The van der Waals surface area contributed by atoms with Crippen LogP contribution in [0.3, 0.4) is 0 Å². The van der Waals surface area contributed by atoms with Gasteiger partial charge in [-0.2, -0.15) is 0 Å². The van der Waals surface area contributed by atoms with Crippen molar-refractivity contribution in [3.63, 3.8) is 0 Å². The third-order valence-electron chi connectivity index (χ3n) is 6.47. The third-order valence-corrected chi connectivity index (χ3v) is 8.26. The molecule has 0 aliphatic heterocycles. The molecule has 0 heterocycles. The Hall–Kier alpha value is -3.85. The molecule has 0 bridgehead atoms. The summed E-state index contributed by atoms with van der Waals surface area (Å²) in [5, 5.41) is 2.94. The maximum atomic E-state index is 14.0. The molecule has 220 valence electrons. The molecule has 0 aliphatic carbocycles. The van der Waals surface area contributed by atoms with E-state index in [1.54, 1.807) is 43.3 Å². The first kappa shape index (κ1) is 31.7. The van der Waals surface area contributed by atoms with E-state index < -0.39 is 34.1 Å². The fraction of sp³-hybridized carbons (Fsp3) is 0.375. The van der Waals surface area contributed by atoms with Gasteiger partial charge in [0.1, 0.15) is 18.3 Å². The van der Waals surface area contributed by atoms with Crippen molar-refractivity contribution in [3.05, 3.63) is 90.0 Å². The molecule has 1 atom stereocenters. The molecular weight excluding hydrogens is 538 g/mol. The Morgan fingerprint density at radius 1 is 0.927 bits per heavy atom. The quantitative estimate of drug-likeness (QED) is 0.327. The Balaban J connectivity index is 1.99. The summed E-state index contributed by atoms with van der Waals surface area (Å²) >= 11 is 0. The molecule has 3 rings (SSSR count). The number of hydrogen-bond donors (Lipinski definition) is 1. The first-order chi connectivity index (χ1) is 19.3. The standard InChI is InChI=1S/C32H41N3O5S/c1-7-40-28-17-15-27(16-18-28)35(41(38,39)29-19-13-24(2)14-20-29)23-30(36)34(22-21-26-11-9-8-10-12-26)25(3)31(37)33-32(4,5)6/h8-20,25H,7,21-23H2,1-6H3,(H,33,37)/t25-/m1/s1. The van der Waals surface area contributed by atoms with E-state index in [-0.39, 0.29) is 17.3 Å². The van der Waals surface area contributed by atoms with Gasteiger partial charge in [-0.15, -0.1) is 0 Å². The lowest BCUT2D eigenvalue weighted by molar-refractivity contribution is -0.139. The number of nitrogens with zero attached hydrogens (tertiary/aromatic N) is 2. The van der Waals surface area contributed by atoms with E-state index in [0.29, 0.717) is 24.5 Å². The van der Waals surface area contributed by atoms with E-state index in [9.17, 15) is 18.0 Å². The molecule has 2 amide bonds. The number of nitrogens with one attached hydrogen (secondary N) is 1. The summed E-state index contributed by atoms with van der Waals surface area (Å²) < 4.78 is 34.5. The maximum Gasteiger partial charge on any atom is 0.264 e. The summed E-state index contributed by atoms with van der Waals surface area (Å²) in [5.74, 6) is -0.206. The van der Waals surface area contributed by atoms with Crippen molar-refractivity contribution in [2.75, 3.05) is 24.0 Å². The zero-order valence-corrected chi connectivity index (χ0v) is 25.6. The van der Waals surface area contributed by atoms with Gasteiger partial charge in [0, 0.05) is 12.1 Å². The molecule has 41 heavy (non-hydrogen) atoms. The molecule has 0 aliphatic rings. The van der Waals surface area contributed by atoms with Crippen LogP contribution in [-0.2, 0) is 26.0 Å². The van der Waals surface area contributed by atoms with Crippen molar-refractivity contribution < 1.29 is 22.7 Å². The van der Waals surface area contributed by atoms with Crippen LogP contribution in [-0.4, -0.2) is 56.4 Å². The zero-order chi connectivity index (χ0) is 30.2. The Kier molecular flexibility index (Phi) is 10.6. The van der Waals surface area contributed by atoms with E-state index in [1.165, 1.54) is 17.0 Å². The molecule has 0 radical (unpaired) electrons. The minimum absolute atomic E-state index is 0.0687. The molecule has 9 heteroatoms. The number of rotatable bonds is 12. The van der Waals surface area contributed by atoms with Crippen molar-refractivity contribution in [3.8, 4) is 5.75 Å². The highest BCUT2D eigenvalue weighted by molar-refractivity contribution is 7.92. The molecule has 3 aromatic carbocycles. The Labute approximate surface area is 244 Å². The summed E-state index contributed by atoms with van der Waals surface area (Å²) in [6, 6.07) is 21.9. The second-order valence-corrected chi connectivity index (χ2v) is 12.9. The smallest absolute Gasteiger partial charge is 0.264 e. The lowest BCUT2D eigenvalue weighted by atomic mass is 10.1. The average Bonchev–Trinajstić information content (AvgIpc) is 2.92. The highest BCUT2D eigenvalue weighted by Gasteiger charge is 2.33. The number of sulfonamides is 1. The number of aryl methyl sites for hydroxylation is 1. The number of ether oxygens (including phenoxy) is 1. The predicted molar refractivity (Wildman–Crippen MR) is 163 cm³/mol. The van der Waals surface area contributed by atoms with Crippen LogP contribution in [0.4, 0.5) is 5.69 Å². The Morgan fingerprint density at radius 2 is 1.54 bits per heavy atom. The largest absolute Gasteiger partial charge is 0.494 e. The summed E-state index contributed by atoms with van der Waals surface area (Å²) in [6.07, 6.45) is 0.507. The summed E-state index contributed by atoms with van der Waals surface area (Å²) in [5.41, 5.74) is 1.74. The second-order valence-electron chi connectivity index (χ2n) is 11.0. The van der Waals surface area contributed by atoms with Gasteiger partial charge >= 0.3 is 0 Å². The maximum absolute atomic E-state index is 14.0. The number of hydrogen-bond acceptors (Lipinski definition) is 5. The molecule has 0 spiro atoms. The molecule has 0 saturated carbocycles. The van der Waals surface area contributed by atoms with Gasteiger partial charge < -0.3 is 15.0 Å². The first-order valence-electron chi connectivity index (χ1n) is 13.8. The molecule has 8 nitrogen and oxygen atoms in total. The van der Waals surface area contributed by atoms with Crippen molar-refractivity contribution in [1.29, 1.82) is 0 Å². The van der Waals surface area contributed by atoms with Crippen molar-refractivity contribution in [2.45, 2.75) is 64.4 Å². The number of carbonyl (C=O) groups excluding carboxylic acids is 2. The fourth-order valence-corrected chi connectivity index (χ4v) is 5.70. The normalized spacial score (nSPS) is 12.3. The van der Waals surface area contributed by atoms with Crippen LogP contribution in [0.2, 0.25) is 0 Å². The van der Waals surface area contributed by atoms with Crippen LogP contribution in [0.5, 0.6) is 5.75 Å². The summed E-state index contributed by atoms with van der Waals surface area (Å²) in [6.45, 7) is 11.2. The number of carbonyl (C=O) groups is 2. The molecule has 0 aromatic heterocycles. The lowest BCUT2D eigenvalue weighted by Crippen LogP contribution is -2.55. The van der Waals surface area contributed by atoms with Crippen LogP contribution in [0.15, 0.2) is 83.8 Å². The molecule has 3 aromatic rings. The SMILES string of the molecule is CCOc1ccc(N(CC(=O)N(CCc2ccccc2)[C@H](C)C(=O)NC(C)(C)C)S(=O)(=O)c2ccc(C)cc2)cc1. The van der Waals surface area contributed by atoms with Gasteiger partial charge in [0.25, 0.3) is 10.0 Å². The van der Waals surface area contributed by atoms with E-state index in [1.807, 2.05) is 65.0 Å². The van der Waals surface area contributed by atoms with Gasteiger partial charge in [-0.1, -0.05) is 48.0 Å². The van der Waals surface area contributed by atoms with Crippen LogP contribution in [0, 0.1) is 6.92 Å². The monoisotopic (exact) mass is 579 g/mol. The van der Waals surface area contributed by atoms with E-state index >= 15 is 0 Å². The number of amides is 2. The second kappa shape index (κ2) is 13.7. The van der Waals surface area contributed by atoms with Gasteiger partial charge in [-0.25, -0.2) is 8.42 Å². The third kappa shape index (κ3) is 8.82. The molecule has 0 unspecified atom stereocenters. The zero-order valence-electron chi connectivity index (χ0n) is 24.8. The van der Waals surface area contributed by atoms with E-state index in [0.717, 1.165) is 15.4 Å². The minimum Gasteiger partial charge on any atom is -0.494 e. The minimum atomic E-state index is -4.12. The summed E-state index contributed by atoms with van der Waals surface area (Å²) in [7, 11) is -4.12. The van der Waals surface area contributed by atoms with E-state index in [2.05, 4.69) is 5.32 Å².